The number of hydrogen-bond acceptors (Lipinski definition) is 5. The standard InChI is InChI=1S/C26H26N4O2/c27-16-17-4-6-21-19(14-17)2-1-3-23(21)28-20-5-7-24-22(15-20)25(30-29-24)18-8-10-26(11-9-18)31-12-13-32-26/h4-8,14-15,23,28H,1-3,9-13H2,(H,29,30). The number of aryl methyl sites for hydroxylation is 1. The number of nitrogens with zero attached hydrogens (tertiary/aromatic N) is 2. The van der Waals surface area contributed by atoms with Gasteiger partial charge in [-0.05, 0) is 72.7 Å². The van der Waals surface area contributed by atoms with Crippen LogP contribution < -0.4 is 5.32 Å². The summed E-state index contributed by atoms with van der Waals surface area (Å²) in [6.07, 6.45) is 8.02. The minimum absolute atomic E-state index is 0.254. The Hall–Kier alpha value is -3.14. The van der Waals surface area contributed by atoms with Gasteiger partial charge in [-0.1, -0.05) is 12.1 Å². The zero-order chi connectivity index (χ0) is 21.5. The minimum atomic E-state index is -0.415. The molecule has 1 saturated heterocycles. The Kier molecular flexibility index (Phi) is 4.74. The number of aromatic amines is 1. The summed E-state index contributed by atoms with van der Waals surface area (Å²) in [6.45, 7) is 1.37. The van der Waals surface area contributed by atoms with E-state index in [0.29, 0.717) is 13.2 Å². The molecule has 1 unspecified atom stereocenters. The number of hydrogen-bond donors (Lipinski definition) is 2. The molecule has 1 aromatic heterocycles. The predicted molar refractivity (Wildman–Crippen MR) is 123 cm³/mol. The number of fused-ring (bicyclic) bond motifs is 2. The van der Waals surface area contributed by atoms with Gasteiger partial charge in [0.25, 0.3) is 0 Å². The van der Waals surface area contributed by atoms with Crippen LogP contribution in [0.25, 0.3) is 16.5 Å². The molecule has 0 saturated carbocycles. The van der Waals surface area contributed by atoms with Crippen LogP contribution in [0, 0.1) is 11.3 Å². The Morgan fingerprint density at radius 2 is 2.03 bits per heavy atom. The van der Waals surface area contributed by atoms with Gasteiger partial charge < -0.3 is 14.8 Å². The number of aromatic nitrogens is 2. The van der Waals surface area contributed by atoms with Crippen molar-refractivity contribution in [1.29, 1.82) is 5.26 Å². The van der Waals surface area contributed by atoms with Crippen LogP contribution in [0.1, 0.15) is 60.5 Å². The van der Waals surface area contributed by atoms with Crippen LogP contribution >= 0.6 is 0 Å². The van der Waals surface area contributed by atoms with E-state index < -0.39 is 5.79 Å². The predicted octanol–water partition coefficient (Wildman–Crippen LogP) is 5.23. The summed E-state index contributed by atoms with van der Waals surface area (Å²) in [6, 6.07) is 15.0. The molecule has 6 heteroatoms. The second kappa shape index (κ2) is 7.77. The summed E-state index contributed by atoms with van der Waals surface area (Å²) in [5, 5.41) is 21.9. The molecule has 6 nitrogen and oxygen atoms in total. The second-order valence-corrected chi connectivity index (χ2v) is 8.99. The average molecular weight is 427 g/mol. The normalized spacial score (nSPS) is 21.8. The maximum Gasteiger partial charge on any atom is 0.172 e. The van der Waals surface area contributed by atoms with Gasteiger partial charge in [0.15, 0.2) is 5.79 Å². The van der Waals surface area contributed by atoms with Crippen LogP contribution in [-0.2, 0) is 15.9 Å². The first-order valence-electron chi connectivity index (χ1n) is 11.5. The fourth-order valence-electron chi connectivity index (χ4n) is 5.37. The highest BCUT2D eigenvalue weighted by Gasteiger charge is 2.38. The largest absolute Gasteiger partial charge is 0.378 e. The van der Waals surface area contributed by atoms with Crippen LogP contribution in [0.5, 0.6) is 0 Å². The highest BCUT2D eigenvalue weighted by molar-refractivity contribution is 5.92. The summed E-state index contributed by atoms with van der Waals surface area (Å²) >= 11 is 0. The van der Waals surface area contributed by atoms with E-state index in [2.05, 4.69) is 51.9 Å². The van der Waals surface area contributed by atoms with Gasteiger partial charge in [-0.3, -0.25) is 5.10 Å². The third-order valence-electron chi connectivity index (χ3n) is 7.04. The quantitative estimate of drug-likeness (QED) is 0.599. The fraction of sp³-hybridized carbons (Fsp3) is 0.385. The number of allylic oxidation sites excluding steroid dienone is 1. The van der Waals surface area contributed by atoms with E-state index in [-0.39, 0.29) is 6.04 Å². The maximum absolute atomic E-state index is 9.22. The van der Waals surface area contributed by atoms with E-state index in [1.165, 1.54) is 16.7 Å². The summed E-state index contributed by atoms with van der Waals surface area (Å²) < 4.78 is 11.7. The van der Waals surface area contributed by atoms with Gasteiger partial charge in [-0.2, -0.15) is 10.4 Å². The Labute approximate surface area is 187 Å². The van der Waals surface area contributed by atoms with Crippen molar-refractivity contribution >= 4 is 22.2 Å². The monoisotopic (exact) mass is 426 g/mol. The van der Waals surface area contributed by atoms with Crippen molar-refractivity contribution in [3.63, 3.8) is 0 Å². The van der Waals surface area contributed by atoms with E-state index in [9.17, 15) is 5.26 Å². The summed E-state index contributed by atoms with van der Waals surface area (Å²) in [7, 11) is 0. The second-order valence-electron chi connectivity index (χ2n) is 8.99. The van der Waals surface area contributed by atoms with Gasteiger partial charge in [-0.15, -0.1) is 0 Å². The van der Waals surface area contributed by atoms with Crippen molar-refractivity contribution in [3.05, 3.63) is 64.9 Å². The summed E-state index contributed by atoms with van der Waals surface area (Å²) in [5.41, 5.74) is 7.75. The lowest BCUT2D eigenvalue weighted by Gasteiger charge is -2.30. The molecule has 162 valence electrons. The third kappa shape index (κ3) is 3.38. The van der Waals surface area contributed by atoms with Gasteiger partial charge in [-0.25, -0.2) is 0 Å². The van der Waals surface area contributed by atoms with Gasteiger partial charge in [0.1, 0.15) is 0 Å². The van der Waals surface area contributed by atoms with Gasteiger partial charge in [0, 0.05) is 23.9 Å². The SMILES string of the molecule is N#Cc1ccc2c(c1)CCCC2Nc1ccc2[nH]nc(C3=CCC4(CC3)OCCO4)c2c1. The summed E-state index contributed by atoms with van der Waals surface area (Å²) in [5.74, 6) is -0.415. The van der Waals surface area contributed by atoms with Crippen LogP contribution in [0.4, 0.5) is 5.69 Å². The third-order valence-corrected chi connectivity index (χ3v) is 7.04. The molecule has 1 aliphatic heterocycles. The molecule has 2 aromatic carbocycles. The molecule has 1 fully saturated rings. The fourth-order valence-corrected chi connectivity index (χ4v) is 5.37. The molecule has 2 aliphatic carbocycles. The number of ether oxygens (including phenoxy) is 2. The van der Waals surface area contributed by atoms with Gasteiger partial charge in [0.05, 0.1) is 42.1 Å². The Morgan fingerprint density at radius 3 is 2.84 bits per heavy atom. The lowest BCUT2D eigenvalue weighted by Crippen LogP contribution is -2.31. The molecule has 0 radical (unpaired) electrons. The first-order valence-corrected chi connectivity index (χ1v) is 11.5. The minimum Gasteiger partial charge on any atom is -0.378 e. The highest BCUT2D eigenvalue weighted by Crippen LogP contribution is 2.40. The van der Waals surface area contributed by atoms with E-state index in [1.807, 2.05) is 12.1 Å². The van der Waals surface area contributed by atoms with Gasteiger partial charge in [0.2, 0.25) is 0 Å². The van der Waals surface area contributed by atoms with E-state index >= 15 is 0 Å². The Bertz CT molecular complexity index is 1250. The zero-order valence-electron chi connectivity index (χ0n) is 18.0. The molecule has 0 bridgehead atoms. The molecule has 3 aromatic rings. The molecule has 2 N–H and O–H groups in total. The molecule has 2 heterocycles. The van der Waals surface area contributed by atoms with E-state index in [4.69, 9.17) is 9.47 Å². The smallest absolute Gasteiger partial charge is 0.172 e. The Morgan fingerprint density at radius 1 is 1.12 bits per heavy atom. The molecule has 0 amide bonds. The van der Waals surface area contributed by atoms with Crippen molar-refractivity contribution in [3.8, 4) is 6.07 Å². The molecule has 32 heavy (non-hydrogen) atoms. The molecule has 1 atom stereocenters. The Balaban J connectivity index is 1.28. The highest BCUT2D eigenvalue weighted by atomic mass is 16.7. The summed E-state index contributed by atoms with van der Waals surface area (Å²) in [4.78, 5) is 0. The lowest BCUT2D eigenvalue weighted by molar-refractivity contribution is -0.159. The van der Waals surface area contributed by atoms with Crippen LogP contribution in [0.15, 0.2) is 42.5 Å². The number of anilines is 1. The van der Waals surface area contributed by atoms with Crippen molar-refractivity contribution in [2.45, 2.75) is 50.4 Å². The molecular formula is C26H26N4O2. The van der Waals surface area contributed by atoms with Crippen molar-refractivity contribution in [2.24, 2.45) is 0 Å². The number of rotatable bonds is 3. The van der Waals surface area contributed by atoms with Crippen molar-refractivity contribution in [2.75, 3.05) is 18.5 Å². The van der Waals surface area contributed by atoms with Crippen molar-refractivity contribution in [1.82, 2.24) is 10.2 Å². The first-order chi connectivity index (χ1) is 15.7. The van der Waals surface area contributed by atoms with Crippen LogP contribution in [-0.4, -0.2) is 29.2 Å². The number of H-pyrrole nitrogens is 1. The van der Waals surface area contributed by atoms with Crippen LogP contribution in [0.2, 0.25) is 0 Å². The maximum atomic E-state index is 9.22. The molecule has 1 spiro atoms. The number of benzene rings is 2. The van der Waals surface area contributed by atoms with E-state index in [1.54, 1.807) is 0 Å². The number of nitrogens with one attached hydrogen (secondary N) is 2. The molecule has 3 aliphatic rings. The van der Waals surface area contributed by atoms with E-state index in [0.717, 1.165) is 66.4 Å². The average Bonchev–Trinajstić information content (AvgIpc) is 3.47. The first kappa shape index (κ1) is 19.5. The molecule has 6 rings (SSSR count). The van der Waals surface area contributed by atoms with Crippen molar-refractivity contribution < 1.29 is 9.47 Å². The van der Waals surface area contributed by atoms with Crippen LogP contribution in [0.3, 0.4) is 0 Å². The molecular weight excluding hydrogens is 400 g/mol. The number of nitriles is 1. The van der Waals surface area contributed by atoms with Gasteiger partial charge >= 0.3 is 0 Å². The zero-order valence-corrected chi connectivity index (χ0v) is 18.0. The topological polar surface area (TPSA) is 83.0 Å². The lowest BCUT2D eigenvalue weighted by atomic mass is 9.86.